The van der Waals surface area contributed by atoms with Crippen LogP contribution in [0.4, 0.5) is 0 Å². The van der Waals surface area contributed by atoms with E-state index in [-0.39, 0.29) is 18.9 Å². The van der Waals surface area contributed by atoms with Crippen molar-refractivity contribution in [1.29, 1.82) is 0 Å². The van der Waals surface area contributed by atoms with Crippen LogP contribution in [0.5, 0.6) is 0 Å². The first kappa shape index (κ1) is 22.8. The fourth-order valence-electron chi connectivity index (χ4n) is 2.87. The van der Waals surface area contributed by atoms with Crippen LogP contribution in [0, 0.1) is 11.8 Å². The van der Waals surface area contributed by atoms with Crippen molar-refractivity contribution in [2.75, 3.05) is 6.54 Å². The van der Waals surface area contributed by atoms with Gasteiger partial charge >= 0.3 is 17.9 Å². The first-order chi connectivity index (χ1) is 13.2. The highest BCUT2D eigenvalue weighted by molar-refractivity contribution is 5.94. The van der Waals surface area contributed by atoms with Crippen molar-refractivity contribution in [2.24, 2.45) is 11.8 Å². The Bertz CT molecular complexity index is 697. The van der Waals surface area contributed by atoms with Crippen LogP contribution in [0.25, 0.3) is 0 Å². The van der Waals surface area contributed by atoms with E-state index in [2.05, 4.69) is 5.32 Å². The predicted molar refractivity (Wildman–Crippen MR) is 97.1 cm³/mol. The lowest BCUT2D eigenvalue weighted by molar-refractivity contribution is -0.147. The van der Waals surface area contributed by atoms with Crippen molar-refractivity contribution in [3.05, 3.63) is 35.4 Å². The van der Waals surface area contributed by atoms with Crippen LogP contribution in [0.3, 0.4) is 0 Å². The summed E-state index contributed by atoms with van der Waals surface area (Å²) in [6.07, 6.45) is 0.562. The fourth-order valence-corrected chi connectivity index (χ4v) is 2.87. The number of carboxylic acids is 3. The van der Waals surface area contributed by atoms with E-state index in [4.69, 9.17) is 10.2 Å². The molecule has 9 heteroatoms. The zero-order chi connectivity index (χ0) is 21.1. The number of aldehydes is 1. The average molecular weight is 393 g/mol. The van der Waals surface area contributed by atoms with Crippen molar-refractivity contribution in [3.63, 3.8) is 0 Å². The number of carbonyl (C=O) groups is 5. The summed E-state index contributed by atoms with van der Waals surface area (Å²) >= 11 is 0. The van der Waals surface area contributed by atoms with Crippen LogP contribution >= 0.6 is 0 Å². The zero-order valence-corrected chi connectivity index (χ0v) is 15.2. The Morgan fingerprint density at radius 1 is 0.929 bits per heavy atom. The van der Waals surface area contributed by atoms with Gasteiger partial charge in [-0.05, 0) is 30.9 Å². The Kier molecular flexibility index (Phi) is 9.35. The van der Waals surface area contributed by atoms with Gasteiger partial charge in [0.1, 0.15) is 6.29 Å². The lowest BCUT2D eigenvalue weighted by Crippen LogP contribution is -2.28. The Morgan fingerprint density at radius 3 is 1.96 bits per heavy atom. The molecule has 0 aliphatic rings. The van der Waals surface area contributed by atoms with Gasteiger partial charge in [0.25, 0.3) is 5.91 Å². The number of nitrogens with one attached hydrogen (secondary N) is 1. The number of unbranched alkanes of at least 4 members (excludes halogenated alkanes) is 1. The van der Waals surface area contributed by atoms with Crippen molar-refractivity contribution >= 4 is 30.1 Å². The molecular formula is C19H23NO8. The Morgan fingerprint density at radius 2 is 1.50 bits per heavy atom. The lowest BCUT2D eigenvalue weighted by atomic mass is 9.83. The van der Waals surface area contributed by atoms with Crippen molar-refractivity contribution in [2.45, 2.75) is 32.1 Å². The molecule has 0 spiro atoms. The molecule has 4 N–H and O–H groups in total. The van der Waals surface area contributed by atoms with Gasteiger partial charge in [-0.2, -0.15) is 0 Å². The summed E-state index contributed by atoms with van der Waals surface area (Å²) in [5.41, 5.74) is 0.838. The molecule has 0 aromatic heterocycles. The molecule has 1 unspecified atom stereocenters. The highest BCUT2D eigenvalue weighted by Gasteiger charge is 2.31. The van der Waals surface area contributed by atoms with Crippen LogP contribution in [0.15, 0.2) is 24.3 Å². The summed E-state index contributed by atoms with van der Waals surface area (Å²) in [7, 11) is 0. The van der Waals surface area contributed by atoms with Crippen molar-refractivity contribution in [1.82, 2.24) is 5.32 Å². The Labute approximate surface area is 161 Å². The molecular weight excluding hydrogens is 370 g/mol. The van der Waals surface area contributed by atoms with Crippen LogP contribution in [0.2, 0.25) is 0 Å². The lowest BCUT2D eigenvalue weighted by Gasteiger charge is -2.21. The smallest absolute Gasteiger partial charge is 0.306 e. The topological polar surface area (TPSA) is 158 Å². The van der Waals surface area contributed by atoms with E-state index in [1.54, 1.807) is 0 Å². The summed E-state index contributed by atoms with van der Waals surface area (Å²) in [5, 5.41) is 29.8. The number of amides is 1. The first-order valence-electron chi connectivity index (χ1n) is 8.74. The minimum Gasteiger partial charge on any atom is -0.481 e. The second-order valence-corrected chi connectivity index (χ2v) is 6.39. The van der Waals surface area contributed by atoms with E-state index in [1.807, 2.05) is 0 Å². The largest absolute Gasteiger partial charge is 0.481 e. The molecule has 1 amide bonds. The SMILES string of the molecule is O=Cc1ccc(C(=O)NCCCCC(C(=O)O)C(CC(=O)O)CC(=O)O)cc1. The molecule has 1 aromatic rings. The van der Waals surface area contributed by atoms with Crippen LogP contribution in [-0.2, 0) is 14.4 Å². The van der Waals surface area contributed by atoms with Gasteiger partial charge < -0.3 is 20.6 Å². The molecule has 9 nitrogen and oxygen atoms in total. The number of rotatable bonds is 13. The predicted octanol–water partition coefficient (Wildman–Crippen LogP) is 1.67. The molecule has 0 saturated carbocycles. The molecule has 0 radical (unpaired) electrons. The van der Waals surface area contributed by atoms with E-state index in [0.717, 1.165) is 0 Å². The molecule has 0 bridgehead atoms. The summed E-state index contributed by atoms with van der Waals surface area (Å²) in [5.74, 6) is -6.14. The van der Waals surface area contributed by atoms with E-state index >= 15 is 0 Å². The molecule has 0 heterocycles. The average Bonchev–Trinajstić information content (AvgIpc) is 2.62. The van der Waals surface area contributed by atoms with Crippen molar-refractivity contribution < 1.29 is 39.3 Å². The molecule has 1 aromatic carbocycles. The standard InChI is InChI=1S/C19H23NO8/c21-11-12-4-6-13(7-5-12)18(26)20-8-2-1-3-15(19(27)28)14(9-16(22)23)10-17(24)25/h4-7,11,14-15H,1-3,8-10H2,(H,20,26)(H,22,23)(H,24,25)(H,27,28). The summed E-state index contributed by atoms with van der Waals surface area (Å²) < 4.78 is 0. The second kappa shape index (κ2) is 11.5. The minimum atomic E-state index is -1.25. The summed E-state index contributed by atoms with van der Waals surface area (Å²) in [6.45, 7) is 0.281. The highest BCUT2D eigenvalue weighted by Crippen LogP contribution is 2.25. The monoisotopic (exact) mass is 393 g/mol. The van der Waals surface area contributed by atoms with Crippen LogP contribution in [-0.4, -0.2) is 52.0 Å². The first-order valence-corrected chi connectivity index (χ1v) is 8.74. The molecule has 28 heavy (non-hydrogen) atoms. The molecule has 0 aliphatic carbocycles. The van der Waals surface area contributed by atoms with Gasteiger partial charge in [-0.3, -0.25) is 24.0 Å². The summed E-state index contributed by atoms with van der Waals surface area (Å²) in [4.78, 5) is 55.8. The maximum Gasteiger partial charge on any atom is 0.306 e. The third kappa shape index (κ3) is 7.98. The summed E-state index contributed by atoms with van der Waals surface area (Å²) in [6, 6.07) is 6.07. The van der Waals surface area contributed by atoms with Crippen molar-refractivity contribution in [3.8, 4) is 0 Å². The third-order valence-electron chi connectivity index (χ3n) is 4.30. The van der Waals surface area contributed by atoms with Gasteiger partial charge in [-0.15, -0.1) is 0 Å². The number of benzene rings is 1. The van der Waals surface area contributed by atoms with E-state index < -0.39 is 42.6 Å². The Hall–Kier alpha value is -3.23. The molecule has 1 rings (SSSR count). The minimum absolute atomic E-state index is 0.116. The van der Waals surface area contributed by atoms with Gasteiger partial charge in [0.05, 0.1) is 5.92 Å². The van der Waals surface area contributed by atoms with E-state index in [1.165, 1.54) is 24.3 Å². The van der Waals surface area contributed by atoms with E-state index in [0.29, 0.717) is 30.3 Å². The number of carbonyl (C=O) groups excluding carboxylic acids is 2. The number of hydrogen-bond acceptors (Lipinski definition) is 5. The molecule has 0 fully saturated rings. The van der Waals surface area contributed by atoms with Crippen LogP contribution < -0.4 is 5.32 Å². The third-order valence-corrected chi connectivity index (χ3v) is 4.30. The highest BCUT2D eigenvalue weighted by atomic mass is 16.4. The number of hydrogen-bond donors (Lipinski definition) is 4. The number of aliphatic carboxylic acids is 3. The van der Waals surface area contributed by atoms with Gasteiger partial charge in [0, 0.05) is 30.5 Å². The quantitative estimate of drug-likeness (QED) is 0.291. The van der Waals surface area contributed by atoms with Gasteiger partial charge in [0.15, 0.2) is 0 Å². The normalized spacial score (nSPS) is 11.6. The molecule has 0 saturated heterocycles. The zero-order valence-electron chi connectivity index (χ0n) is 15.2. The van der Waals surface area contributed by atoms with Gasteiger partial charge in [-0.1, -0.05) is 18.6 Å². The number of carboxylic acid groups (broad SMARTS) is 3. The molecule has 0 aliphatic heterocycles. The molecule has 1 atom stereocenters. The fraction of sp³-hybridized carbons (Fsp3) is 0.421. The maximum absolute atomic E-state index is 12.0. The van der Waals surface area contributed by atoms with E-state index in [9.17, 15) is 29.1 Å². The van der Waals surface area contributed by atoms with Gasteiger partial charge in [0.2, 0.25) is 0 Å². The van der Waals surface area contributed by atoms with Crippen LogP contribution in [0.1, 0.15) is 52.8 Å². The Balaban J connectivity index is 2.49. The second-order valence-electron chi connectivity index (χ2n) is 6.39. The maximum atomic E-state index is 12.0. The van der Waals surface area contributed by atoms with Gasteiger partial charge in [-0.25, -0.2) is 0 Å². The molecule has 152 valence electrons.